The van der Waals surface area contributed by atoms with Gasteiger partial charge in [0, 0.05) is 43.0 Å². The quantitative estimate of drug-likeness (QED) is 0.538. The van der Waals surface area contributed by atoms with Crippen molar-refractivity contribution in [3.8, 4) is 17.0 Å². The largest absolute Gasteiger partial charge is 0.481 e. The number of amides is 1. The van der Waals surface area contributed by atoms with E-state index in [0.29, 0.717) is 48.9 Å². The van der Waals surface area contributed by atoms with Gasteiger partial charge < -0.3 is 18.9 Å². The zero-order valence-electron chi connectivity index (χ0n) is 19.3. The number of aryl methyl sites for hydroxylation is 1. The highest BCUT2D eigenvalue weighted by molar-refractivity contribution is 6.01. The summed E-state index contributed by atoms with van der Waals surface area (Å²) < 4.78 is 55.0. The van der Waals surface area contributed by atoms with Gasteiger partial charge in [0.25, 0.3) is 5.91 Å². The third-order valence-electron chi connectivity index (χ3n) is 6.02. The van der Waals surface area contributed by atoms with E-state index in [4.69, 9.17) is 9.47 Å². The number of aromatic nitrogens is 2. The van der Waals surface area contributed by atoms with Crippen LogP contribution in [0.25, 0.3) is 11.1 Å². The molecule has 3 heterocycles. The molecule has 0 aliphatic carbocycles. The van der Waals surface area contributed by atoms with Crippen LogP contribution in [0.15, 0.2) is 42.6 Å². The lowest BCUT2D eigenvalue weighted by Gasteiger charge is -2.28. The Morgan fingerprint density at radius 1 is 1.15 bits per heavy atom. The van der Waals surface area contributed by atoms with E-state index in [1.807, 2.05) is 0 Å². The van der Waals surface area contributed by atoms with E-state index >= 15 is 0 Å². The predicted octanol–water partition coefficient (Wildman–Crippen LogP) is 4.72. The van der Waals surface area contributed by atoms with E-state index in [0.717, 1.165) is 4.57 Å². The summed E-state index contributed by atoms with van der Waals surface area (Å²) in [6.45, 7) is 4.40. The Hall–Kier alpha value is -3.33. The zero-order valence-corrected chi connectivity index (χ0v) is 19.3. The number of benzene rings is 1. The molecule has 0 radical (unpaired) electrons. The van der Waals surface area contributed by atoms with Gasteiger partial charge in [-0.25, -0.2) is 4.98 Å². The molecule has 34 heavy (non-hydrogen) atoms. The Morgan fingerprint density at radius 2 is 1.82 bits per heavy atom. The number of halogens is 3. The lowest BCUT2D eigenvalue weighted by molar-refractivity contribution is -0.143. The van der Waals surface area contributed by atoms with Crippen LogP contribution in [0.3, 0.4) is 0 Å². The van der Waals surface area contributed by atoms with Crippen molar-refractivity contribution in [1.82, 2.24) is 14.5 Å². The van der Waals surface area contributed by atoms with Crippen LogP contribution in [0.2, 0.25) is 0 Å². The molecule has 0 atom stereocenters. The molecule has 9 heteroatoms. The number of hydrogen-bond donors (Lipinski definition) is 0. The molecule has 1 aliphatic rings. The fourth-order valence-corrected chi connectivity index (χ4v) is 4.41. The average molecular weight is 473 g/mol. The number of alkyl halides is 3. The first-order valence-corrected chi connectivity index (χ1v) is 10.9. The van der Waals surface area contributed by atoms with Crippen LogP contribution < -0.4 is 4.74 Å². The van der Waals surface area contributed by atoms with Crippen LogP contribution in [0, 0.1) is 13.8 Å². The monoisotopic (exact) mass is 473 g/mol. The molecule has 1 saturated heterocycles. The summed E-state index contributed by atoms with van der Waals surface area (Å²) >= 11 is 0. The molecular weight excluding hydrogens is 447 g/mol. The average Bonchev–Trinajstić information content (AvgIpc) is 3.11. The molecule has 1 aromatic carbocycles. The van der Waals surface area contributed by atoms with E-state index in [9.17, 15) is 18.0 Å². The van der Waals surface area contributed by atoms with Gasteiger partial charge in [-0.3, -0.25) is 4.79 Å². The van der Waals surface area contributed by atoms with Crippen LogP contribution in [0.4, 0.5) is 13.2 Å². The highest BCUT2D eigenvalue weighted by atomic mass is 19.4. The fraction of sp³-hybridized carbons (Fsp3) is 0.360. The summed E-state index contributed by atoms with van der Waals surface area (Å²) in [4.78, 5) is 19.5. The fourth-order valence-electron chi connectivity index (χ4n) is 4.41. The van der Waals surface area contributed by atoms with Crippen LogP contribution in [0.5, 0.6) is 5.88 Å². The van der Waals surface area contributed by atoms with Crippen molar-refractivity contribution >= 4 is 5.91 Å². The smallest absolute Gasteiger partial charge is 0.431 e. The lowest BCUT2D eigenvalue weighted by atomic mass is 9.98. The van der Waals surface area contributed by atoms with E-state index in [-0.39, 0.29) is 23.4 Å². The van der Waals surface area contributed by atoms with Gasteiger partial charge >= 0.3 is 6.18 Å². The molecule has 2 aromatic heterocycles. The predicted molar refractivity (Wildman–Crippen MR) is 121 cm³/mol. The Morgan fingerprint density at radius 3 is 2.41 bits per heavy atom. The summed E-state index contributed by atoms with van der Waals surface area (Å²) in [7, 11) is 1.47. The number of methoxy groups -OCH3 is 1. The standard InChI is InChI=1S/C25H26F3N3O3/c1-16-13-20(33-3)29-14-19(16)21-17(2)23(25(26,27)28)31(15-18-7-5-4-6-8-18)22(21)24(32)30-9-11-34-12-10-30/h4-8,13-14H,9-12,15H2,1-3H3. The van der Waals surface area contributed by atoms with Crippen LogP contribution in [-0.4, -0.2) is 53.8 Å². The van der Waals surface area contributed by atoms with Gasteiger partial charge in [-0.1, -0.05) is 30.3 Å². The molecule has 0 unspecified atom stereocenters. The van der Waals surface area contributed by atoms with Gasteiger partial charge in [-0.2, -0.15) is 13.2 Å². The van der Waals surface area contributed by atoms with Crippen molar-refractivity contribution in [2.45, 2.75) is 26.6 Å². The highest BCUT2D eigenvalue weighted by Crippen LogP contribution is 2.42. The molecule has 6 nitrogen and oxygen atoms in total. The Labute approximate surface area is 195 Å². The molecule has 0 N–H and O–H groups in total. The molecular formula is C25H26F3N3O3. The van der Waals surface area contributed by atoms with Gasteiger partial charge in [0.1, 0.15) is 11.4 Å². The molecule has 180 valence electrons. The maximum absolute atomic E-state index is 14.4. The number of carbonyl (C=O) groups excluding carboxylic acids is 1. The zero-order chi connectivity index (χ0) is 24.5. The number of nitrogens with zero attached hydrogens (tertiary/aromatic N) is 3. The number of carbonyl (C=O) groups is 1. The lowest BCUT2D eigenvalue weighted by Crippen LogP contribution is -2.41. The minimum atomic E-state index is -4.66. The van der Waals surface area contributed by atoms with Crippen LogP contribution >= 0.6 is 0 Å². The van der Waals surface area contributed by atoms with Gasteiger partial charge in [0.05, 0.1) is 20.3 Å². The Balaban J connectivity index is 2.00. The Kier molecular flexibility index (Phi) is 6.65. The minimum Gasteiger partial charge on any atom is -0.481 e. The number of morpholine rings is 1. The second-order valence-corrected chi connectivity index (χ2v) is 8.21. The SMILES string of the molecule is COc1cc(C)c(-c2c(C)c(C(F)(F)F)n(Cc3ccccc3)c2C(=O)N2CCOCC2)cn1. The second-order valence-electron chi connectivity index (χ2n) is 8.21. The number of pyridine rings is 1. The highest BCUT2D eigenvalue weighted by Gasteiger charge is 2.42. The third-order valence-corrected chi connectivity index (χ3v) is 6.02. The van der Waals surface area contributed by atoms with Gasteiger partial charge in [0.15, 0.2) is 0 Å². The van der Waals surface area contributed by atoms with Crippen LogP contribution in [0.1, 0.15) is 32.9 Å². The van der Waals surface area contributed by atoms with E-state index in [1.165, 1.54) is 20.2 Å². The topological polar surface area (TPSA) is 56.6 Å². The summed E-state index contributed by atoms with van der Waals surface area (Å²) in [6, 6.07) is 10.5. The van der Waals surface area contributed by atoms with Crippen molar-refractivity contribution in [3.05, 3.63) is 70.7 Å². The van der Waals surface area contributed by atoms with Crippen molar-refractivity contribution in [1.29, 1.82) is 0 Å². The number of hydrogen-bond acceptors (Lipinski definition) is 4. The summed E-state index contributed by atoms with van der Waals surface area (Å²) in [5, 5.41) is 0. The summed E-state index contributed by atoms with van der Waals surface area (Å²) in [5.74, 6) is -0.109. The molecule has 3 aromatic rings. The number of ether oxygens (including phenoxy) is 2. The molecule has 1 aliphatic heterocycles. The minimum absolute atomic E-state index is 0.00453. The van der Waals surface area contributed by atoms with E-state index in [1.54, 1.807) is 48.2 Å². The first kappa shape index (κ1) is 23.8. The maximum atomic E-state index is 14.4. The molecule has 1 fully saturated rings. The van der Waals surface area contributed by atoms with Crippen molar-refractivity contribution in [3.63, 3.8) is 0 Å². The molecule has 0 bridgehead atoms. The molecule has 4 rings (SSSR count). The molecule has 0 saturated carbocycles. The van der Waals surface area contributed by atoms with E-state index in [2.05, 4.69) is 4.98 Å². The van der Waals surface area contributed by atoms with Crippen molar-refractivity contribution < 1.29 is 27.4 Å². The Bertz CT molecular complexity index is 1180. The van der Waals surface area contributed by atoms with Crippen LogP contribution in [-0.2, 0) is 17.5 Å². The second kappa shape index (κ2) is 9.50. The van der Waals surface area contributed by atoms with Crippen molar-refractivity contribution in [2.75, 3.05) is 33.4 Å². The normalized spacial score (nSPS) is 14.4. The maximum Gasteiger partial charge on any atom is 0.431 e. The molecule has 0 spiro atoms. The third kappa shape index (κ3) is 4.52. The molecule has 1 amide bonds. The van der Waals surface area contributed by atoms with Gasteiger partial charge in [-0.05, 0) is 30.5 Å². The first-order chi connectivity index (χ1) is 16.2. The summed E-state index contributed by atoms with van der Waals surface area (Å²) in [6.07, 6.45) is -3.19. The number of rotatable bonds is 5. The van der Waals surface area contributed by atoms with Crippen molar-refractivity contribution in [2.24, 2.45) is 0 Å². The van der Waals surface area contributed by atoms with E-state index < -0.39 is 17.8 Å². The van der Waals surface area contributed by atoms with Gasteiger partial charge in [-0.15, -0.1) is 0 Å². The van der Waals surface area contributed by atoms with Gasteiger partial charge in [0.2, 0.25) is 5.88 Å². The first-order valence-electron chi connectivity index (χ1n) is 10.9. The summed E-state index contributed by atoms with van der Waals surface area (Å²) in [5.41, 5.74) is 1.20.